The van der Waals surface area contributed by atoms with Gasteiger partial charge in [0.05, 0.1) is 17.7 Å². The van der Waals surface area contributed by atoms with Gasteiger partial charge in [-0.05, 0) is 30.2 Å². The van der Waals surface area contributed by atoms with E-state index in [4.69, 9.17) is 4.42 Å². The first-order chi connectivity index (χ1) is 13.5. The van der Waals surface area contributed by atoms with Crippen LogP contribution in [0.4, 0.5) is 5.69 Å². The Morgan fingerprint density at radius 3 is 2.82 bits per heavy atom. The fraction of sp³-hybridized carbons (Fsp3) is 0.105. The molecule has 0 fully saturated rings. The minimum Gasteiger partial charge on any atom is -0.454 e. The Morgan fingerprint density at radius 1 is 1.32 bits per heavy atom. The third kappa shape index (κ3) is 5.01. The number of hydrogen-bond acceptors (Lipinski definition) is 6. The van der Waals surface area contributed by atoms with E-state index in [0.717, 1.165) is 17.3 Å². The minimum absolute atomic E-state index is 0.0819. The average molecular weight is 379 g/mol. The van der Waals surface area contributed by atoms with E-state index in [9.17, 15) is 14.9 Å². The van der Waals surface area contributed by atoms with Crippen molar-refractivity contribution >= 4 is 23.9 Å². The smallest absolute Gasteiger partial charge is 0.307 e. The van der Waals surface area contributed by atoms with Gasteiger partial charge in [0.25, 0.3) is 0 Å². The Kier molecular flexibility index (Phi) is 5.75. The van der Waals surface area contributed by atoms with Crippen LogP contribution >= 0.6 is 0 Å². The van der Waals surface area contributed by atoms with Crippen molar-refractivity contribution in [2.24, 2.45) is 5.10 Å². The van der Waals surface area contributed by atoms with Crippen LogP contribution in [-0.2, 0) is 6.54 Å². The highest BCUT2D eigenvalue weighted by atomic mass is 16.6. The highest BCUT2D eigenvalue weighted by Crippen LogP contribution is 2.13. The molecule has 1 aromatic carbocycles. The fourth-order valence-corrected chi connectivity index (χ4v) is 2.38. The molecule has 0 aliphatic rings. The average Bonchev–Trinajstić information content (AvgIpc) is 3.32. The van der Waals surface area contributed by atoms with Crippen molar-refractivity contribution in [3.63, 3.8) is 0 Å². The lowest BCUT2D eigenvalue weighted by molar-refractivity contribution is -0.385. The molecule has 0 spiro atoms. The number of nitrogens with zero attached hydrogens (tertiary/aromatic N) is 4. The minimum atomic E-state index is -0.531. The zero-order valence-corrected chi connectivity index (χ0v) is 15.0. The lowest BCUT2D eigenvalue weighted by atomic mass is 10.1. The molecule has 142 valence electrons. The van der Waals surface area contributed by atoms with Crippen molar-refractivity contribution in [2.75, 3.05) is 0 Å². The van der Waals surface area contributed by atoms with Crippen LogP contribution in [0, 0.1) is 10.1 Å². The molecule has 0 unspecified atom stereocenters. The van der Waals surface area contributed by atoms with Gasteiger partial charge in [0.1, 0.15) is 18.2 Å². The Hall–Kier alpha value is -4.01. The van der Waals surface area contributed by atoms with Crippen LogP contribution in [0.5, 0.6) is 0 Å². The molecule has 3 rings (SSSR count). The van der Waals surface area contributed by atoms with Crippen LogP contribution in [0.3, 0.4) is 0 Å². The molecule has 3 aromatic rings. The zero-order valence-electron chi connectivity index (χ0n) is 15.0. The summed E-state index contributed by atoms with van der Waals surface area (Å²) in [5.74, 6) is 0.0206. The van der Waals surface area contributed by atoms with Gasteiger partial charge in [0.2, 0.25) is 0 Å². The predicted octanol–water partition coefficient (Wildman–Crippen LogP) is 3.25. The lowest BCUT2D eigenvalue weighted by Crippen LogP contribution is -2.16. The first-order valence-electron chi connectivity index (χ1n) is 8.33. The quantitative estimate of drug-likeness (QED) is 0.384. The van der Waals surface area contributed by atoms with Crippen LogP contribution in [-0.4, -0.2) is 26.8 Å². The van der Waals surface area contributed by atoms with E-state index in [-0.39, 0.29) is 18.0 Å². The van der Waals surface area contributed by atoms with Crippen LogP contribution in [0.15, 0.2) is 69.9 Å². The number of allylic oxidation sites excluding steroid dienone is 1. The van der Waals surface area contributed by atoms with Gasteiger partial charge in [0.15, 0.2) is 5.76 Å². The molecule has 0 radical (unpaired) electrons. The van der Waals surface area contributed by atoms with E-state index in [2.05, 4.69) is 15.6 Å². The van der Waals surface area contributed by atoms with Gasteiger partial charge in [-0.2, -0.15) is 10.2 Å². The first kappa shape index (κ1) is 18.8. The Balaban J connectivity index is 1.56. The lowest BCUT2D eigenvalue weighted by Gasteiger charge is -1.98. The van der Waals surface area contributed by atoms with Crippen LogP contribution in [0.2, 0.25) is 0 Å². The highest BCUT2D eigenvalue weighted by Gasteiger charge is 2.13. The number of benzene rings is 1. The molecule has 0 saturated heterocycles. The first-order valence-corrected chi connectivity index (χ1v) is 8.33. The SMILES string of the molecule is CC(/C=N\NC(=O)c1ccc(Cn2cc([N+](=O)[O-])cn2)o1)=C\c1ccccc1. The molecule has 28 heavy (non-hydrogen) atoms. The molecular formula is C19H17N5O4. The van der Waals surface area contributed by atoms with E-state index in [0.29, 0.717) is 5.76 Å². The number of rotatable bonds is 7. The third-order valence-corrected chi connectivity index (χ3v) is 3.66. The van der Waals surface area contributed by atoms with Crippen molar-refractivity contribution in [1.82, 2.24) is 15.2 Å². The van der Waals surface area contributed by atoms with Crippen LogP contribution in [0.25, 0.3) is 6.08 Å². The second-order valence-electron chi connectivity index (χ2n) is 5.92. The van der Waals surface area contributed by atoms with Crippen molar-refractivity contribution in [1.29, 1.82) is 0 Å². The maximum Gasteiger partial charge on any atom is 0.307 e. The summed E-state index contributed by atoms with van der Waals surface area (Å²) in [4.78, 5) is 22.2. The molecule has 2 aromatic heterocycles. The number of nitrogens with one attached hydrogen (secondary N) is 1. The van der Waals surface area contributed by atoms with Crippen LogP contribution < -0.4 is 5.43 Å². The van der Waals surface area contributed by atoms with E-state index < -0.39 is 10.8 Å². The van der Waals surface area contributed by atoms with Crippen molar-refractivity contribution in [2.45, 2.75) is 13.5 Å². The summed E-state index contributed by atoms with van der Waals surface area (Å²) in [6.45, 7) is 2.04. The zero-order chi connectivity index (χ0) is 19.9. The summed E-state index contributed by atoms with van der Waals surface area (Å²) in [6, 6.07) is 12.9. The second kappa shape index (κ2) is 8.58. The molecule has 0 aliphatic carbocycles. The van der Waals surface area contributed by atoms with Crippen molar-refractivity contribution < 1.29 is 14.1 Å². The molecule has 1 amide bonds. The number of hydrazone groups is 1. The van der Waals surface area contributed by atoms with E-state index in [1.54, 1.807) is 6.07 Å². The van der Waals surface area contributed by atoms with Gasteiger partial charge >= 0.3 is 11.6 Å². The van der Waals surface area contributed by atoms with Gasteiger partial charge in [0, 0.05) is 0 Å². The number of carbonyl (C=O) groups excluding carboxylic acids is 1. The molecule has 9 heteroatoms. The molecule has 0 aliphatic heterocycles. The molecule has 2 heterocycles. The molecular weight excluding hydrogens is 362 g/mol. The predicted molar refractivity (Wildman–Crippen MR) is 103 cm³/mol. The maximum atomic E-state index is 12.1. The number of aromatic nitrogens is 2. The Bertz CT molecular complexity index is 1030. The van der Waals surface area contributed by atoms with E-state index >= 15 is 0 Å². The van der Waals surface area contributed by atoms with Gasteiger partial charge in [-0.15, -0.1) is 0 Å². The Labute approximate surface area is 160 Å². The van der Waals surface area contributed by atoms with Crippen molar-refractivity contribution in [3.05, 3.63) is 87.6 Å². The standard InChI is InChI=1S/C19H17N5O4/c1-14(9-15-5-3-2-4-6-15)10-20-22-19(25)18-8-7-17(28-18)13-23-12-16(11-21-23)24(26)27/h2-12H,13H2,1H3,(H,22,25)/b14-9+,20-10-. The number of amides is 1. The second-order valence-corrected chi connectivity index (χ2v) is 5.92. The summed E-state index contributed by atoms with van der Waals surface area (Å²) in [5, 5.41) is 18.5. The topological polar surface area (TPSA) is 116 Å². The third-order valence-electron chi connectivity index (χ3n) is 3.66. The fourth-order valence-electron chi connectivity index (χ4n) is 2.38. The summed E-state index contributed by atoms with van der Waals surface area (Å²) in [5.41, 5.74) is 4.18. The normalized spacial score (nSPS) is 11.7. The summed E-state index contributed by atoms with van der Waals surface area (Å²) < 4.78 is 6.80. The molecule has 0 atom stereocenters. The van der Waals surface area contributed by atoms with Crippen LogP contribution in [0.1, 0.15) is 28.8 Å². The van der Waals surface area contributed by atoms with E-state index in [1.807, 2.05) is 43.3 Å². The number of furan rings is 1. The van der Waals surface area contributed by atoms with Crippen molar-refractivity contribution in [3.8, 4) is 0 Å². The van der Waals surface area contributed by atoms with Gasteiger partial charge in [-0.25, -0.2) is 5.43 Å². The number of nitro groups is 1. The number of hydrogen-bond donors (Lipinski definition) is 1. The molecule has 0 bridgehead atoms. The monoisotopic (exact) mass is 379 g/mol. The molecule has 9 nitrogen and oxygen atoms in total. The maximum absolute atomic E-state index is 12.1. The summed E-state index contributed by atoms with van der Waals surface area (Å²) in [6.07, 6.45) is 5.91. The summed E-state index contributed by atoms with van der Waals surface area (Å²) in [7, 11) is 0. The highest BCUT2D eigenvalue weighted by molar-refractivity contribution is 5.92. The van der Waals surface area contributed by atoms with E-state index in [1.165, 1.54) is 23.2 Å². The van der Waals surface area contributed by atoms with Gasteiger partial charge in [-0.1, -0.05) is 36.4 Å². The largest absolute Gasteiger partial charge is 0.454 e. The van der Waals surface area contributed by atoms with Gasteiger partial charge in [-0.3, -0.25) is 19.6 Å². The summed E-state index contributed by atoms with van der Waals surface area (Å²) >= 11 is 0. The molecule has 0 saturated carbocycles. The Morgan fingerprint density at radius 2 is 2.11 bits per heavy atom. The number of carbonyl (C=O) groups is 1. The molecule has 1 N–H and O–H groups in total. The van der Waals surface area contributed by atoms with Gasteiger partial charge < -0.3 is 4.42 Å².